The van der Waals surface area contributed by atoms with E-state index >= 15 is 0 Å². The van der Waals surface area contributed by atoms with Crippen LogP contribution < -0.4 is 0 Å². The van der Waals surface area contributed by atoms with E-state index in [0.717, 1.165) is 18.4 Å². The summed E-state index contributed by atoms with van der Waals surface area (Å²) in [6.07, 6.45) is 1.54. The van der Waals surface area contributed by atoms with Gasteiger partial charge in [-0.05, 0) is 38.0 Å². The van der Waals surface area contributed by atoms with Gasteiger partial charge in [-0.3, -0.25) is 4.79 Å². The Hall–Kier alpha value is -2.37. The molecule has 0 saturated carbocycles. The molecular formula is C21H19Cl2N3O2. The zero-order valence-electron chi connectivity index (χ0n) is 15.4. The first-order valence-corrected chi connectivity index (χ1v) is 9.92. The molecule has 1 saturated heterocycles. The van der Waals surface area contributed by atoms with Gasteiger partial charge in [0.05, 0.1) is 10.6 Å². The molecule has 1 amide bonds. The summed E-state index contributed by atoms with van der Waals surface area (Å²) in [5.41, 5.74) is 2.60. The Balaban J connectivity index is 1.41. The summed E-state index contributed by atoms with van der Waals surface area (Å²) in [6, 6.07) is 13.0. The van der Waals surface area contributed by atoms with Crippen molar-refractivity contribution in [2.24, 2.45) is 0 Å². The van der Waals surface area contributed by atoms with Crippen molar-refractivity contribution in [1.82, 2.24) is 15.0 Å². The van der Waals surface area contributed by atoms with E-state index in [0.29, 0.717) is 40.4 Å². The second kappa shape index (κ2) is 7.94. The third-order valence-electron chi connectivity index (χ3n) is 5.04. The van der Waals surface area contributed by atoms with Gasteiger partial charge in [0.15, 0.2) is 0 Å². The number of aromatic nitrogens is 2. The molecule has 7 heteroatoms. The second-order valence-corrected chi connectivity index (χ2v) is 7.86. The van der Waals surface area contributed by atoms with E-state index in [1.807, 2.05) is 36.1 Å². The Morgan fingerprint density at radius 2 is 1.82 bits per heavy atom. The minimum Gasteiger partial charge on any atom is -0.339 e. The van der Waals surface area contributed by atoms with Crippen LogP contribution in [0.5, 0.6) is 0 Å². The predicted octanol–water partition coefficient (Wildman–Crippen LogP) is 5.37. The van der Waals surface area contributed by atoms with Crippen LogP contribution in [-0.4, -0.2) is 34.0 Å². The molecule has 1 aliphatic rings. The van der Waals surface area contributed by atoms with Crippen molar-refractivity contribution in [2.75, 3.05) is 13.1 Å². The van der Waals surface area contributed by atoms with Crippen molar-refractivity contribution in [1.29, 1.82) is 0 Å². The van der Waals surface area contributed by atoms with Gasteiger partial charge in [0.1, 0.15) is 0 Å². The van der Waals surface area contributed by atoms with Crippen LogP contribution in [0.4, 0.5) is 0 Å². The van der Waals surface area contributed by atoms with Gasteiger partial charge in [-0.1, -0.05) is 58.2 Å². The summed E-state index contributed by atoms with van der Waals surface area (Å²) < 4.78 is 5.50. The number of carbonyl (C=O) groups is 1. The Morgan fingerprint density at radius 3 is 2.50 bits per heavy atom. The number of likely N-dealkylation sites (tertiary alicyclic amines) is 1. The normalized spacial score (nSPS) is 15.0. The van der Waals surface area contributed by atoms with Crippen LogP contribution in [0, 0.1) is 6.92 Å². The smallest absolute Gasteiger partial charge is 0.255 e. The largest absolute Gasteiger partial charge is 0.339 e. The highest BCUT2D eigenvalue weighted by molar-refractivity contribution is 6.36. The number of piperidine rings is 1. The SMILES string of the molecule is Cc1ccc(-c2noc(C3CCN(C(=O)c4ccc(Cl)cc4Cl)CC3)n2)cc1. The molecule has 0 radical (unpaired) electrons. The van der Waals surface area contributed by atoms with Crippen molar-refractivity contribution >= 4 is 29.1 Å². The number of nitrogens with zero attached hydrogens (tertiary/aromatic N) is 3. The number of aryl methyl sites for hydroxylation is 1. The molecule has 2 heterocycles. The summed E-state index contributed by atoms with van der Waals surface area (Å²) in [5.74, 6) is 1.30. The van der Waals surface area contributed by atoms with E-state index in [1.165, 1.54) is 5.56 Å². The van der Waals surface area contributed by atoms with E-state index in [2.05, 4.69) is 10.1 Å². The molecule has 1 aromatic heterocycles. The zero-order valence-corrected chi connectivity index (χ0v) is 16.9. The number of carbonyl (C=O) groups excluding carboxylic acids is 1. The number of halogens is 2. The Morgan fingerprint density at radius 1 is 1.11 bits per heavy atom. The van der Waals surface area contributed by atoms with Gasteiger partial charge in [-0.15, -0.1) is 0 Å². The highest BCUT2D eigenvalue weighted by Gasteiger charge is 2.29. The average Bonchev–Trinajstić information content (AvgIpc) is 3.18. The number of rotatable bonds is 3. The number of benzene rings is 2. The summed E-state index contributed by atoms with van der Waals surface area (Å²) in [5, 5.41) is 5.01. The first-order valence-electron chi connectivity index (χ1n) is 9.16. The standard InChI is InChI=1S/C21H19Cl2N3O2/c1-13-2-4-14(5-3-13)19-24-20(28-25-19)15-8-10-26(11-9-15)21(27)17-7-6-16(22)12-18(17)23/h2-7,12,15H,8-11H2,1H3. The van der Waals surface area contributed by atoms with Crippen molar-refractivity contribution in [3.05, 3.63) is 69.5 Å². The van der Waals surface area contributed by atoms with Crippen molar-refractivity contribution in [2.45, 2.75) is 25.7 Å². The third kappa shape index (κ3) is 3.91. The van der Waals surface area contributed by atoms with Gasteiger partial charge in [0.2, 0.25) is 11.7 Å². The quantitative estimate of drug-likeness (QED) is 0.576. The average molecular weight is 416 g/mol. The molecule has 0 spiro atoms. The fourth-order valence-corrected chi connectivity index (χ4v) is 3.87. The predicted molar refractivity (Wildman–Crippen MR) is 109 cm³/mol. The van der Waals surface area contributed by atoms with Crippen LogP contribution in [-0.2, 0) is 0 Å². The fourth-order valence-electron chi connectivity index (χ4n) is 3.38. The molecule has 0 aliphatic carbocycles. The Bertz CT molecular complexity index is 993. The lowest BCUT2D eigenvalue weighted by Gasteiger charge is -2.30. The van der Waals surface area contributed by atoms with Gasteiger partial charge in [0.25, 0.3) is 5.91 Å². The maximum Gasteiger partial charge on any atom is 0.255 e. The highest BCUT2D eigenvalue weighted by atomic mass is 35.5. The van der Waals surface area contributed by atoms with Crippen molar-refractivity contribution in [3.63, 3.8) is 0 Å². The second-order valence-electron chi connectivity index (χ2n) is 7.01. The molecule has 5 nitrogen and oxygen atoms in total. The van der Waals surface area contributed by atoms with E-state index in [9.17, 15) is 4.79 Å². The summed E-state index contributed by atoms with van der Waals surface area (Å²) >= 11 is 12.1. The molecule has 144 valence electrons. The van der Waals surface area contributed by atoms with Crippen molar-refractivity contribution < 1.29 is 9.32 Å². The molecule has 3 aromatic rings. The van der Waals surface area contributed by atoms with Gasteiger partial charge in [0, 0.05) is 29.6 Å². The maximum atomic E-state index is 12.7. The summed E-state index contributed by atoms with van der Waals surface area (Å²) in [4.78, 5) is 19.1. The van der Waals surface area contributed by atoms with E-state index in [-0.39, 0.29) is 11.8 Å². The molecule has 0 unspecified atom stereocenters. The fraction of sp³-hybridized carbons (Fsp3) is 0.286. The number of amides is 1. The van der Waals surface area contributed by atoms with E-state index in [1.54, 1.807) is 18.2 Å². The molecular weight excluding hydrogens is 397 g/mol. The Labute approximate surface area is 173 Å². The third-order valence-corrected chi connectivity index (χ3v) is 5.59. The molecule has 0 N–H and O–H groups in total. The molecule has 0 atom stereocenters. The van der Waals surface area contributed by atoms with Crippen LogP contribution in [0.3, 0.4) is 0 Å². The molecule has 0 bridgehead atoms. The van der Waals surface area contributed by atoms with Gasteiger partial charge >= 0.3 is 0 Å². The molecule has 28 heavy (non-hydrogen) atoms. The zero-order chi connectivity index (χ0) is 19.7. The van der Waals surface area contributed by atoms with Gasteiger partial charge in [-0.2, -0.15) is 4.98 Å². The minimum absolute atomic E-state index is 0.0778. The minimum atomic E-state index is -0.0778. The first-order chi connectivity index (χ1) is 13.5. The molecule has 1 fully saturated rings. The van der Waals surface area contributed by atoms with Gasteiger partial charge < -0.3 is 9.42 Å². The summed E-state index contributed by atoms with van der Waals surface area (Å²) in [6.45, 7) is 3.27. The molecule has 1 aliphatic heterocycles. The van der Waals surface area contributed by atoms with E-state index in [4.69, 9.17) is 27.7 Å². The van der Waals surface area contributed by atoms with E-state index < -0.39 is 0 Å². The lowest BCUT2D eigenvalue weighted by Crippen LogP contribution is -2.38. The lowest BCUT2D eigenvalue weighted by molar-refractivity contribution is 0.0704. The highest BCUT2D eigenvalue weighted by Crippen LogP contribution is 2.30. The van der Waals surface area contributed by atoms with Crippen molar-refractivity contribution in [3.8, 4) is 11.4 Å². The topological polar surface area (TPSA) is 59.2 Å². The summed E-state index contributed by atoms with van der Waals surface area (Å²) in [7, 11) is 0. The van der Waals surface area contributed by atoms with Crippen LogP contribution in [0.15, 0.2) is 47.0 Å². The molecule has 4 rings (SSSR count). The van der Waals surface area contributed by atoms with Crippen LogP contribution in [0.1, 0.15) is 40.6 Å². The monoisotopic (exact) mass is 415 g/mol. The lowest BCUT2D eigenvalue weighted by atomic mass is 9.96. The number of hydrogen-bond acceptors (Lipinski definition) is 4. The molecule has 2 aromatic carbocycles. The van der Waals surface area contributed by atoms with Crippen LogP contribution in [0.2, 0.25) is 10.0 Å². The van der Waals surface area contributed by atoms with Crippen LogP contribution in [0.25, 0.3) is 11.4 Å². The first kappa shape index (κ1) is 19.0. The van der Waals surface area contributed by atoms with Crippen LogP contribution >= 0.6 is 23.2 Å². The maximum absolute atomic E-state index is 12.7. The Kier molecular flexibility index (Phi) is 5.38. The van der Waals surface area contributed by atoms with Gasteiger partial charge in [-0.25, -0.2) is 0 Å². The number of hydrogen-bond donors (Lipinski definition) is 0.